The number of carbonyl (C=O) groups is 2. The Labute approximate surface area is 135 Å². The van der Waals surface area contributed by atoms with Gasteiger partial charge in [-0.25, -0.2) is 4.79 Å². The molecule has 23 heavy (non-hydrogen) atoms. The summed E-state index contributed by atoms with van der Waals surface area (Å²) < 4.78 is 4.99. The van der Waals surface area contributed by atoms with Gasteiger partial charge in [-0.15, -0.1) is 0 Å². The summed E-state index contributed by atoms with van der Waals surface area (Å²) in [7, 11) is 0. The molecule has 0 radical (unpaired) electrons. The lowest BCUT2D eigenvalue weighted by Gasteiger charge is -2.06. The molecule has 2 aromatic carbocycles. The van der Waals surface area contributed by atoms with Gasteiger partial charge in [-0.2, -0.15) is 0 Å². The zero-order valence-corrected chi connectivity index (χ0v) is 13.3. The van der Waals surface area contributed by atoms with E-state index >= 15 is 0 Å². The summed E-state index contributed by atoms with van der Waals surface area (Å²) >= 11 is 0. The molecule has 0 unspecified atom stereocenters. The Kier molecular flexibility index (Phi) is 4.11. The second-order valence-electron chi connectivity index (χ2n) is 5.96. The Morgan fingerprint density at radius 2 is 1.78 bits per heavy atom. The van der Waals surface area contributed by atoms with Crippen molar-refractivity contribution in [2.45, 2.75) is 20.3 Å². The fourth-order valence-corrected chi connectivity index (χ4v) is 2.79. The number of Topliss-reactive ketones (excluding diaryl/α,β-unsaturated/α-hetero) is 1. The maximum atomic E-state index is 12.2. The van der Waals surface area contributed by atoms with Crippen molar-refractivity contribution in [3.8, 4) is 11.1 Å². The molecule has 1 aliphatic rings. The van der Waals surface area contributed by atoms with E-state index in [4.69, 9.17) is 4.74 Å². The molecule has 0 bridgehead atoms. The molecule has 3 nitrogen and oxygen atoms in total. The van der Waals surface area contributed by atoms with Gasteiger partial charge in [0.15, 0.2) is 12.4 Å². The van der Waals surface area contributed by atoms with Gasteiger partial charge in [-0.05, 0) is 48.6 Å². The lowest BCUT2D eigenvalue weighted by atomic mass is 10.0. The zero-order chi connectivity index (χ0) is 16.4. The van der Waals surface area contributed by atoms with Gasteiger partial charge in [-0.1, -0.05) is 42.0 Å². The Bertz CT molecular complexity index is 811. The van der Waals surface area contributed by atoms with Crippen molar-refractivity contribution < 1.29 is 14.3 Å². The van der Waals surface area contributed by atoms with Crippen LogP contribution in [0.25, 0.3) is 11.1 Å². The van der Waals surface area contributed by atoms with Crippen LogP contribution in [0.1, 0.15) is 35.3 Å². The number of carbonyl (C=O) groups excluding carboxylic acids is 2. The number of benzene rings is 2. The van der Waals surface area contributed by atoms with E-state index in [0.29, 0.717) is 5.56 Å². The molecule has 3 heteroatoms. The van der Waals surface area contributed by atoms with Crippen molar-refractivity contribution >= 4 is 11.8 Å². The van der Waals surface area contributed by atoms with Crippen LogP contribution in [0.15, 0.2) is 54.1 Å². The summed E-state index contributed by atoms with van der Waals surface area (Å²) in [5.41, 5.74) is 6.20. The van der Waals surface area contributed by atoms with Crippen LogP contribution in [0.2, 0.25) is 0 Å². The van der Waals surface area contributed by atoms with E-state index in [2.05, 4.69) is 12.1 Å². The SMILES string of the molecule is CC(C)=CC(=O)OCC(=O)c1ccc2c(c1)-c1ccccc1C2. The quantitative estimate of drug-likeness (QED) is 0.416. The third kappa shape index (κ3) is 3.24. The Morgan fingerprint density at radius 1 is 1.04 bits per heavy atom. The molecule has 3 rings (SSSR count). The maximum absolute atomic E-state index is 12.2. The van der Waals surface area contributed by atoms with E-state index in [1.165, 1.54) is 22.8 Å². The molecule has 0 fully saturated rings. The summed E-state index contributed by atoms with van der Waals surface area (Å²) in [5, 5.41) is 0. The molecule has 116 valence electrons. The van der Waals surface area contributed by atoms with Gasteiger partial charge in [0, 0.05) is 11.6 Å². The molecule has 1 aliphatic carbocycles. The highest BCUT2D eigenvalue weighted by atomic mass is 16.5. The van der Waals surface area contributed by atoms with Crippen LogP contribution in [0, 0.1) is 0 Å². The predicted molar refractivity (Wildman–Crippen MR) is 89.4 cm³/mol. The summed E-state index contributed by atoms with van der Waals surface area (Å²) in [6, 6.07) is 13.9. The van der Waals surface area contributed by atoms with Crippen LogP contribution in [0.4, 0.5) is 0 Å². The minimum absolute atomic E-state index is 0.187. The maximum Gasteiger partial charge on any atom is 0.331 e. The van der Waals surface area contributed by atoms with E-state index < -0.39 is 5.97 Å². The van der Waals surface area contributed by atoms with Gasteiger partial charge in [0.25, 0.3) is 0 Å². The Morgan fingerprint density at radius 3 is 2.57 bits per heavy atom. The van der Waals surface area contributed by atoms with Crippen molar-refractivity contribution in [2.75, 3.05) is 6.61 Å². The molecule has 0 heterocycles. The lowest BCUT2D eigenvalue weighted by Crippen LogP contribution is -2.13. The minimum atomic E-state index is -0.482. The predicted octanol–water partition coefficient (Wildman–Crippen LogP) is 3.95. The number of fused-ring (bicyclic) bond motifs is 3. The molecule has 0 aliphatic heterocycles. The number of hydrogen-bond acceptors (Lipinski definition) is 3. The number of rotatable bonds is 4. The first-order valence-electron chi connectivity index (χ1n) is 7.60. The molecular weight excluding hydrogens is 288 g/mol. The highest BCUT2D eigenvalue weighted by Gasteiger charge is 2.19. The van der Waals surface area contributed by atoms with E-state index in [9.17, 15) is 9.59 Å². The van der Waals surface area contributed by atoms with Crippen LogP contribution in [0.5, 0.6) is 0 Å². The molecule has 0 saturated carbocycles. The van der Waals surface area contributed by atoms with E-state index in [1.807, 2.05) is 30.3 Å². The van der Waals surface area contributed by atoms with Gasteiger partial charge >= 0.3 is 5.97 Å². The van der Waals surface area contributed by atoms with Gasteiger partial charge in [0.2, 0.25) is 0 Å². The monoisotopic (exact) mass is 306 g/mol. The zero-order valence-electron chi connectivity index (χ0n) is 13.3. The second-order valence-corrected chi connectivity index (χ2v) is 5.96. The highest BCUT2D eigenvalue weighted by molar-refractivity contribution is 6.00. The lowest BCUT2D eigenvalue weighted by molar-refractivity contribution is -0.136. The second kappa shape index (κ2) is 6.21. The molecule has 2 aromatic rings. The minimum Gasteiger partial charge on any atom is -0.454 e. The standard InChI is InChI=1S/C20H18O3/c1-13(2)9-20(22)23-12-19(21)16-8-7-15-10-14-5-3-4-6-17(14)18(15)11-16/h3-9,11H,10,12H2,1-2H3. The molecule has 0 N–H and O–H groups in total. The number of ether oxygens (including phenoxy) is 1. The number of ketones is 1. The third-order valence-corrected chi connectivity index (χ3v) is 3.87. The van der Waals surface area contributed by atoms with Crippen LogP contribution in [0.3, 0.4) is 0 Å². The van der Waals surface area contributed by atoms with E-state index in [-0.39, 0.29) is 12.4 Å². The smallest absolute Gasteiger partial charge is 0.331 e. The highest BCUT2D eigenvalue weighted by Crippen LogP contribution is 2.36. The van der Waals surface area contributed by atoms with Crippen molar-refractivity contribution in [2.24, 2.45) is 0 Å². The van der Waals surface area contributed by atoms with Crippen LogP contribution < -0.4 is 0 Å². The first kappa shape index (κ1) is 15.2. The largest absolute Gasteiger partial charge is 0.454 e. The molecule has 0 amide bonds. The van der Waals surface area contributed by atoms with Gasteiger partial charge in [0.1, 0.15) is 0 Å². The molecular formula is C20H18O3. The van der Waals surface area contributed by atoms with E-state index in [1.54, 1.807) is 13.8 Å². The van der Waals surface area contributed by atoms with Gasteiger partial charge < -0.3 is 4.74 Å². The van der Waals surface area contributed by atoms with Crippen LogP contribution >= 0.6 is 0 Å². The van der Waals surface area contributed by atoms with E-state index in [0.717, 1.165) is 17.6 Å². The van der Waals surface area contributed by atoms with Crippen LogP contribution in [-0.4, -0.2) is 18.4 Å². The third-order valence-electron chi connectivity index (χ3n) is 3.87. The molecule has 0 saturated heterocycles. The first-order chi connectivity index (χ1) is 11.0. The van der Waals surface area contributed by atoms with Crippen LogP contribution in [-0.2, 0) is 16.0 Å². The molecule has 0 atom stereocenters. The first-order valence-corrected chi connectivity index (χ1v) is 7.60. The fourth-order valence-electron chi connectivity index (χ4n) is 2.79. The van der Waals surface area contributed by atoms with Gasteiger partial charge in [-0.3, -0.25) is 4.79 Å². The van der Waals surface area contributed by atoms with Crippen molar-refractivity contribution in [3.63, 3.8) is 0 Å². The Hall–Kier alpha value is -2.68. The normalized spacial score (nSPS) is 11.4. The van der Waals surface area contributed by atoms with Crippen molar-refractivity contribution in [1.82, 2.24) is 0 Å². The van der Waals surface area contributed by atoms with Crippen molar-refractivity contribution in [1.29, 1.82) is 0 Å². The average molecular weight is 306 g/mol. The summed E-state index contributed by atoms with van der Waals surface area (Å²) in [6.07, 6.45) is 2.28. The van der Waals surface area contributed by atoms with Gasteiger partial charge in [0.05, 0.1) is 0 Å². The number of hydrogen-bond donors (Lipinski definition) is 0. The number of esters is 1. The topological polar surface area (TPSA) is 43.4 Å². The van der Waals surface area contributed by atoms with Crippen molar-refractivity contribution in [3.05, 3.63) is 70.8 Å². The summed E-state index contributed by atoms with van der Waals surface area (Å²) in [6.45, 7) is 3.38. The number of allylic oxidation sites excluding steroid dienone is 1. The summed E-state index contributed by atoms with van der Waals surface area (Å²) in [4.78, 5) is 23.7. The average Bonchev–Trinajstić information content (AvgIpc) is 2.89. The summed E-state index contributed by atoms with van der Waals surface area (Å²) in [5.74, 6) is -0.669. The fraction of sp³-hybridized carbons (Fsp3) is 0.200. The molecule has 0 spiro atoms. The Balaban J connectivity index is 1.77. The molecule has 0 aromatic heterocycles.